The van der Waals surface area contributed by atoms with Crippen LogP contribution in [0.25, 0.3) is 0 Å². The summed E-state index contributed by atoms with van der Waals surface area (Å²) in [4.78, 5) is 73.2. The molecule has 0 amide bonds. The maximum Gasteiger partial charge on any atom is 0.472 e. The van der Waals surface area contributed by atoms with Crippen molar-refractivity contribution in [2.75, 3.05) is 39.6 Å². The Morgan fingerprint density at radius 1 is 0.264 bits per heavy atom. The zero-order valence-electron chi connectivity index (χ0n) is 68.1. The van der Waals surface area contributed by atoms with Crippen LogP contribution in [-0.2, 0) is 65.4 Å². The topological polar surface area (TPSA) is 237 Å². The number of allylic oxidation sites excluding steroid dienone is 32. The van der Waals surface area contributed by atoms with Crippen molar-refractivity contribution >= 4 is 39.5 Å². The van der Waals surface area contributed by atoms with E-state index >= 15 is 0 Å². The van der Waals surface area contributed by atoms with Crippen LogP contribution in [0.1, 0.15) is 297 Å². The van der Waals surface area contributed by atoms with Crippen molar-refractivity contribution in [2.24, 2.45) is 0 Å². The molecule has 0 heterocycles. The van der Waals surface area contributed by atoms with E-state index in [9.17, 15) is 43.2 Å². The Morgan fingerprint density at radius 2 is 0.482 bits per heavy atom. The van der Waals surface area contributed by atoms with E-state index in [0.29, 0.717) is 32.1 Å². The number of phosphoric ester groups is 2. The van der Waals surface area contributed by atoms with E-state index in [1.165, 1.54) is 38.5 Å². The Bertz CT molecular complexity index is 2850. The van der Waals surface area contributed by atoms with E-state index in [0.717, 1.165) is 173 Å². The highest BCUT2D eigenvalue weighted by molar-refractivity contribution is 7.47. The van der Waals surface area contributed by atoms with Crippen molar-refractivity contribution < 1.29 is 80.2 Å². The largest absolute Gasteiger partial charge is 0.472 e. The summed E-state index contributed by atoms with van der Waals surface area (Å²) < 4.78 is 68.6. The number of hydrogen-bond donors (Lipinski definition) is 3. The Morgan fingerprint density at radius 3 is 0.773 bits per heavy atom. The maximum absolute atomic E-state index is 13.1. The molecular weight excluding hydrogens is 1430 g/mol. The molecule has 0 aromatic carbocycles. The van der Waals surface area contributed by atoms with Crippen LogP contribution in [0.4, 0.5) is 0 Å². The second kappa shape index (κ2) is 80.9. The second-order valence-electron chi connectivity index (χ2n) is 26.9. The first kappa shape index (κ1) is 104. The monoisotopic (exact) mass is 1570 g/mol. The number of carbonyl (C=O) groups excluding carboxylic acids is 4. The van der Waals surface area contributed by atoms with Gasteiger partial charge in [-0.1, -0.05) is 280 Å². The van der Waals surface area contributed by atoms with Crippen LogP contribution in [0.3, 0.4) is 0 Å². The molecule has 0 rings (SSSR count). The standard InChI is InChI=1S/C91H146O17P2/c1-5-9-13-17-21-25-29-33-37-40-42-45-48-52-56-60-64-68-72-76-89(94)102-82-87(108-91(96)78-74-70-66-62-58-54-50-46-43-41-38-34-30-26-22-18-14-10-6-2)84-106-110(99,100)104-80-85(92)79-103-109(97,98)105-83-86(81-101-88(93)75-71-67-63-59-55-51-47-36-32-28-24-20-16-12-8-4)107-90(95)77-73-69-65-61-57-53-49-44-39-35-31-27-23-19-15-11-7-3/h9-10,13-14,21-28,33-39,42-43,45-47,49,52-54,56,58,61,65,85-87,92H,5-8,11-12,15-20,29-32,40-41,44,48,50-51,55,57,59-60,62-64,66-84H2,1-4H3,(H,97,98)(H,99,100)/b13-9-,14-10-,25-21-,26-22-,27-23-,28-24-,37-33-,38-34-,39-35-,45-42-,46-43-,47-36-,53-49-,56-52-,58-54-,65-61-/t85-,86+,87+/m0/s1. The van der Waals surface area contributed by atoms with Gasteiger partial charge in [-0.3, -0.25) is 37.3 Å². The van der Waals surface area contributed by atoms with Gasteiger partial charge < -0.3 is 33.8 Å². The van der Waals surface area contributed by atoms with Crippen molar-refractivity contribution in [1.29, 1.82) is 0 Å². The van der Waals surface area contributed by atoms with Gasteiger partial charge in [-0.25, -0.2) is 9.13 Å². The van der Waals surface area contributed by atoms with E-state index in [-0.39, 0.29) is 25.7 Å². The molecule has 17 nitrogen and oxygen atoms in total. The molecule has 0 aliphatic heterocycles. The van der Waals surface area contributed by atoms with E-state index in [4.69, 9.17) is 37.0 Å². The minimum Gasteiger partial charge on any atom is -0.462 e. The average Bonchev–Trinajstić information content (AvgIpc) is 0.907. The zero-order chi connectivity index (χ0) is 80.3. The first-order valence-corrected chi connectivity index (χ1v) is 44.7. The molecule has 19 heteroatoms. The second-order valence-corrected chi connectivity index (χ2v) is 29.8. The number of aliphatic hydroxyl groups excluding tert-OH is 1. The van der Waals surface area contributed by atoms with Crippen molar-refractivity contribution in [3.05, 3.63) is 194 Å². The molecule has 0 saturated carbocycles. The molecule has 0 aromatic rings. The normalized spacial score (nSPS) is 14.8. The van der Waals surface area contributed by atoms with Gasteiger partial charge in [0, 0.05) is 25.7 Å². The fraction of sp³-hybridized carbons (Fsp3) is 0.604. The average molecular weight is 1570 g/mol. The van der Waals surface area contributed by atoms with Gasteiger partial charge in [0.05, 0.1) is 26.4 Å². The Hall–Kier alpha value is -6.10. The number of unbranched alkanes of at least 4 members (excludes halogenated alkanes) is 18. The molecule has 0 radical (unpaired) electrons. The van der Waals surface area contributed by atoms with E-state index in [1.807, 2.05) is 12.2 Å². The van der Waals surface area contributed by atoms with Crippen molar-refractivity contribution in [3.8, 4) is 0 Å². The van der Waals surface area contributed by atoms with Crippen LogP contribution >= 0.6 is 15.6 Å². The molecule has 110 heavy (non-hydrogen) atoms. The van der Waals surface area contributed by atoms with Gasteiger partial charge >= 0.3 is 39.5 Å². The number of aliphatic hydroxyl groups is 1. The lowest BCUT2D eigenvalue weighted by Gasteiger charge is -2.21. The fourth-order valence-corrected chi connectivity index (χ4v) is 11.8. The van der Waals surface area contributed by atoms with Gasteiger partial charge in [0.2, 0.25) is 0 Å². The number of ether oxygens (including phenoxy) is 4. The summed E-state index contributed by atoms with van der Waals surface area (Å²) in [5, 5.41) is 10.7. The number of carbonyl (C=O) groups is 4. The summed E-state index contributed by atoms with van der Waals surface area (Å²) in [6.45, 7) is 4.42. The maximum atomic E-state index is 13.1. The molecule has 5 atom stereocenters. The van der Waals surface area contributed by atoms with Crippen LogP contribution in [-0.4, -0.2) is 96.7 Å². The third-order valence-electron chi connectivity index (χ3n) is 16.5. The van der Waals surface area contributed by atoms with Gasteiger partial charge in [0.1, 0.15) is 19.3 Å². The molecule has 0 bridgehead atoms. The summed E-state index contributed by atoms with van der Waals surface area (Å²) in [5.41, 5.74) is 0. The number of phosphoric acid groups is 2. The summed E-state index contributed by atoms with van der Waals surface area (Å²) in [6.07, 6.45) is 99.8. The van der Waals surface area contributed by atoms with Gasteiger partial charge in [-0.2, -0.15) is 0 Å². The number of esters is 4. The fourth-order valence-electron chi connectivity index (χ4n) is 10.2. The quantitative estimate of drug-likeness (QED) is 0.0169. The van der Waals surface area contributed by atoms with Gasteiger partial charge in [0.25, 0.3) is 0 Å². The van der Waals surface area contributed by atoms with Gasteiger partial charge in [-0.15, -0.1) is 0 Å². The third kappa shape index (κ3) is 80.0. The van der Waals surface area contributed by atoms with E-state index in [2.05, 4.69) is 210 Å². The SMILES string of the molecule is CC/C=C\C/C=C\C/C=C\C/C=C\C/C=C\CCCCCC(=O)OC[C@H](COP(=O)(O)OC[C@@H](O)COP(=O)(O)OC[C@@H](COC(=O)CCCCCCC/C=C\C/C=C\CCCCC)OC(=O)CCC/C=C\C/C=C\C/C=C\C/C=C\CCCCC)OC(=O)CCCCC/C=C\C/C=C\C/C=C\C/C=C\C/C=C\CC. The summed E-state index contributed by atoms with van der Waals surface area (Å²) >= 11 is 0. The zero-order valence-corrected chi connectivity index (χ0v) is 69.9. The molecular formula is C91H146O17P2. The summed E-state index contributed by atoms with van der Waals surface area (Å²) in [6, 6.07) is 0. The Kier molecular flexibility index (Phi) is 76.4. The highest BCUT2D eigenvalue weighted by Crippen LogP contribution is 2.45. The van der Waals surface area contributed by atoms with Crippen molar-refractivity contribution in [3.63, 3.8) is 0 Å². The van der Waals surface area contributed by atoms with Crippen LogP contribution in [0.15, 0.2) is 194 Å². The predicted octanol–water partition coefficient (Wildman–Crippen LogP) is 24.9. The van der Waals surface area contributed by atoms with Crippen LogP contribution in [0, 0.1) is 0 Å². The highest BCUT2D eigenvalue weighted by atomic mass is 31.2. The van der Waals surface area contributed by atoms with Crippen LogP contribution in [0.2, 0.25) is 0 Å². The van der Waals surface area contributed by atoms with Crippen LogP contribution in [0.5, 0.6) is 0 Å². The summed E-state index contributed by atoms with van der Waals surface area (Å²) in [7, 11) is -10.0. The van der Waals surface area contributed by atoms with Gasteiger partial charge in [-0.05, 0) is 186 Å². The van der Waals surface area contributed by atoms with Gasteiger partial charge in [0.15, 0.2) is 12.2 Å². The molecule has 3 N–H and O–H groups in total. The van der Waals surface area contributed by atoms with Crippen LogP contribution < -0.4 is 0 Å². The lowest BCUT2D eigenvalue weighted by molar-refractivity contribution is -0.161. The highest BCUT2D eigenvalue weighted by Gasteiger charge is 2.30. The molecule has 0 aliphatic carbocycles. The first-order valence-electron chi connectivity index (χ1n) is 41.7. The molecule has 0 aliphatic rings. The molecule has 2 unspecified atom stereocenters. The van der Waals surface area contributed by atoms with E-state index in [1.54, 1.807) is 0 Å². The molecule has 622 valence electrons. The Labute approximate surface area is 666 Å². The number of hydrogen-bond acceptors (Lipinski definition) is 15. The molecule has 0 saturated heterocycles. The smallest absolute Gasteiger partial charge is 0.462 e. The lowest BCUT2D eigenvalue weighted by Crippen LogP contribution is -2.30. The molecule has 0 fully saturated rings. The predicted molar refractivity (Wildman–Crippen MR) is 454 cm³/mol. The third-order valence-corrected chi connectivity index (χ3v) is 18.4. The molecule has 0 spiro atoms. The summed E-state index contributed by atoms with van der Waals surface area (Å²) in [5.74, 6) is -2.35. The lowest BCUT2D eigenvalue weighted by atomic mass is 10.1. The van der Waals surface area contributed by atoms with Crippen molar-refractivity contribution in [1.82, 2.24) is 0 Å². The Balaban J connectivity index is 5.54. The van der Waals surface area contributed by atoms with Crippen molar-refractivity contribution in [2.45, 2.75) is 316 Å². The molecule has 0 aromatic heterocycles. The number of rotatable bonds is 76. The minimum absolute atomic E-state index is 0.00776. The minimum atomic E-state index is -5.02. The first-order chi connectivity index (χ1) is 53.7. The van der Waals surface area contributed by atoms with E-state index < -0.39 is 97.5 Å².